The zero-order valence-corrected chi connectivity index (χ0v) is 11.1. The molecule has 7 heteroatoms. The number of amides is 1. The molecule has 1 aliphatic carbocycles. The van der Waals surface area contributed by atoms with Crippen molar-refractivity contribution >= 4 is 5.91 Å². The Morgan fingerprint density at radius 2 is 2.21 bits per heavy atom. The molecule has 1 saturated carbocycles. The van der Waals surface area contributed by atoms with E-state index in [1.54, 1.807) is 0 Å². The summed E-state index contributed by atoms with van der Waals surface area (Å²) < 4.78 is 40.0. The van der Waals surface area contributed by atoms with Crippen LogP contribution in [0.15, 0.2) is 0 Å². The first kappa shape index (κ1) is 16.2. The number of alkyl halides is 3. The molecule has 0 saturated heterocycles. The summed E-state index contributed by atoms with van der Waals surface area (Å²) in [5.74, 6) is -0.0857. The molecule has 4 nitrogen and oxygen atoms in total. The molecule has 1 fully saturated rings. The van der Waals surface area contributed by atoms with Crippen LogP contribution in [-0.4, -0.2) is 37.4 Å². The van der Waals surface area contributed by atoms with Gasteiger partial charge in [-0.1, -0.05) is 19.8 Å². The van der Waals surface area contributed by atoms with Gasteiger partial charge in [-0.2, -0.15) is 13.2 Å². The van der Waals surface area contributed by atoms with Crippen LogP contribution in [0.1, 0.15) is 32.6 Å². The number of ether oxygens (including phenoxy) is 1. The fourth-order valence-electron chi connectivity index (χ4n) is 2.60. The van der Waals surface area contributed by atoms with Gasteiger partial charge in [-0.3, -0.25) is 4.79 Å². The van der Waals surface area contributed by atoms with Crippen molar-refractivity contribution in [1.82, 2.24) is 5.32 Å². The fourth-order valence-corrected chi connectivity index (χ4v) is 2.60. The molecule has 0 spiro atoms. The van der Waals surface area contributed by atoms with Gasteiger partial charge in [0, 0.05) is 6.54 Å². The Hall–Kier alpha value is -0.820. The molecule has 0 bridgehead atoms. The largest absolute Gasteiger partial charge is 0.411 e. The number of rotatable bonds is 5. The maximum absolute atomic E-state index is 11.9. The second kappa shape index (κ2) is 6.56. The molecule has 3 N–H and O–H groups in total. The Labute approximate surface area is 110 Å². The van der Waals surface area contributed by atoms with E-state index in [1.165, 1.54) is 0 Å². The van der Waals surface area contributed by atoms with Crippen molar-refractivity contribution in [3.05, 3.63) is 0 Å². The molecule has 2 atom stereocenters. The van der Waals surface area contributed by atoms with E-state index in [0.717, 1.165) is 25.7 Å². The zero-order valence-electron chi connectivity index (χ0n) is 11.1. The van der Waals surface area contributed by atoms with Gasteiger partial charge in [-0.15, -0.1) is 0 Å². The van der Waals surface area contributed by atoms with Crippen molar-refractivity contribution in [2.24, 2.45) is 11.7 Å². The molecule has 19 heavy (non-hydrogen) atoms. The number of nitrogens with one attached hydrogen (secondary N) is 1. The van der Waals surface area contributed by atoms with Crippen molar-refractivity contribution < 1.29 is 22.7 Å². The molecule has 0 aromatic carbocycles. The third-order valence-electron chi connectivity index (χ3n) is 3.39. The van der Waals surface area contributed by atoms with Gasteiger partial charge in [-0.25, -0.2) is 0 Å². The fraction of sp³-hybridized carbons (Fsp3) is 0.917. The lowest BCUT2D eigenvalue weighted by Crippen LogP contribution is -2.56. The maximum atomic E-state index is 11.9. The first-order valence-corrected chi connectivity index (χ1v) is 6.42. The third-order valence-corrected chi connectivity index (χ3v) is 3.39. The minimum Gasteiger partial charge on any atom is -0.362 e. The Balaban J connectivity index is 2.40. The van der Waals surface area contributed by atoms with Gasteiger partial charge in [-0.05, 0) is 18.8 Å². The number of carbonyl (C=O) groups excluding carboxylic acids is 1. The van der Waals surface area contributed by atoms with Crippen LogP contribution in [-0.2, 0) is 9.53 Å². The maximum Gasteiger partial charge on any atom is 0.411 e. The van der Waals surface area contributed by atoms with Crippen molar-refractivity contribution in [2.45, 2.75) is 44.3 Å². The average Bonchev–Trinajstić information content (AvgIpc) is 2.27. The lowest BCUT2D eigenvalue weighted by atomic mass is 9.76. The number of carbonyl (C=O) groups is 1. The topological polar surface area (TPSA) is 64.3 Å². The summed E-state index contributed by atoms with van der Waals surface area (Å²) in [4.78, 5) is 11.6. The Kier molecular flexibility index (Phi) is 5.61. The Morgan fingerprint density at radius 1 is 1.53 bits per heavy atom. The van der Waals surface area contributed by atoms with Crippen LogP contribution in [0.3, 0.4) is 0 Å². The van der Waals surface area contributed by atoms with Crippen LogP contribution in [0.5, 0.6) is 0 Å². The molecule has 112 valence electrons. The highest BCUT2D eigenvalue weighted by Crippen LogP contribution is 2.31. The number of nitrogens with two attached hydrogens (primary N) is 1. The minimum absolute atomic E-state index is 0.294. The molecular formula is C12H21F3N2O2. The second-order valence-corrected chi connectivity index (χ2v) is 5.34. The van der Waals surface area contributed by atoms with Gasteiger partial charge >= 0.3 is 6.18 Å². The number of hydrogen-bond acceptors (Lipinski definition) is 3. The van der Waals surface area contributed by atoms with Crippen LogP contribution in [0.2, 0.25) is 0 Å². The van der Waals surface area contributed by atoms with Gasteiger partial charge < -0.3 is 15.8 Å². The van der Waals surface area contributed by atoms with Crippen LogP contribution < -0.4 is 11.1 Å². The smallest absolute Gasteiger partial charge is 0.362 e. The average molecular weight is 282 g/mol. The SMILES string of the molecule is CC1CCCC(CN)(NC(=O)COCC(F)(F)F)C1. The van der Waals surface area contributed by atoms with Gasteiger partial charge in [0.2, 0.25) is 5.91 Å². The second-order valence-electron chi connectivity index (χ2n) is 5.34. The molecule has 0 aromatic heterocycles. The van der Waals surface area contributed by atoms with Crippen molar-refractivity contribution in [3.63, 3.8) is 0 Å². The van der Waals surface area contributed by atoms with Crippen LogP contribution in [0, 0.1) is 5.92 Å². The molecule has 1 aliphatic rings. The molecule has 0 aliphatic heterocycles. The lowest BCUT2D eigenvalue weighted by molar-refractivity contribution is -0.176. The molecule has 1 amide bonds. The summed E-state index contributed by atoms with van der Waals surface area (Å²) in [6.07, 6.45) is -0.844. The third kappa shape index (κ3) is 5.78. The van der Waals surface area contributed by atoms with Crippen LogP contribution in [0.25, 0.3) is 0 Å². The summed E-state index contributed by atoms with van der Waals surface area (Å²) in [6.45, 7) is 0.375. The Bertz CT molecular complexity index is 310. The predicted molar refractivity (Wildman–Crippen MR) is 64.4 cm³/mol. The summed E-state index contributed by atoms with van der Waals surface area (Å²) in [5, 5.41) is 2.74. The van der Waals surface area contributed by atoms with Crippen molar-refractivity contribution in [3.8, 4) is 0 Å². The van der Waals surface area contributed by atoms with E-state index in [9.17, 15) is 18.0 Å². The number of halogens is 3. The van der Waals surface area contributed by atoms with E-state index in [2.05, 4.69) is 17.0 Å². The van der Waals surface area contributed by atoms with E-state index in [4.69, 9.17) is 5.73 Å². The quantitative estimate of drug-likeness (QED) is 0.805. The molecule has 0 radical (unpaired) electrons. The van der Waals surface area contributed by atoms with E-state index in [-0.39, 0.29) is 0 Å². The van der Waals surface area contributed by atoms with E-state index >= 15 is 0 Å². The zero-order chi connectivity index (χ0) is 14.5. The monoisotopic (exact) mass is 282 g/mol. The molecule has 2 unspecified atom stereocenters. The predicted octanol–water partition coefficient (Wildman–Crippen LogP) is 1.59. The van der Waals surface area contributed by atoms with Crippen molar-refractivity contribution in [1.29, 1.82) is 0 Å². The normalized spacial score (nSPS) is 28.2. The van der Waals surface area contributed by atoms with Crippen molar-refractivity contribution in [2.75, 3.05) is 19.8 Å². The van der Waals surface area contributed by atoms with Crippen LogP contribution >= 0.6 is 0 Å². The molecule has 0 heterocycles. The minimum atomic E-state index is -4.41. The highest BCUT2D eigenvalue weighted by Gasteiger charge is 2.35. The van der Waals surface area contributed by atoms with Gasteiger partial charge in [0.1, 0.15) is 13.2 Å². The highest BCUT2D eigenvalue weighted by molar-refractivity contribution is 5.78. The summed E-state index contributed by atoms with van der Waals surface area (Å²) in [5.41, 5.74) is 5.22. The van der Waals surface area contributed by atoms with E-state index in [0.29, 0.717) is 12.5 Å². The summed E-state index contributed by atoms with van der Waals surface area (Å²) in [6, 6.07) is 0. The Morgan fingerprint density at radius 3 is 2.74 bits per heavy atom. The molecule has 0 aromatic rings. The van der Waals surface area contributed by atoms with Gasteiger partial charge in [0.05, 0.1) is 5.54 Å². The molecule has 1 rings (SSSR count). The van der Waals surface area contributed by atoms with Gasteiger partial charge in [0.25, 0.3) is 0 Å². The van der Waals surface area contributed by atoms with E-state index < -0.39 is 30.8 Å². The summed E-state index contributed by atoms with van der Waals surface area (Å²) >= 11 is 0. The first-order valence-electron chi connectivity index (χ1n) is 6.42. The van der Waals surface area contributed by atoms with Crippen LogP contribution in [0.4, 0.5) is 13.2 Å². The van der Waals surface area contributed by atoms with Gasteiger partial charge in [0.15, 0.2) is 0 Å². The standard InChI is InChI=1S/C12H21F3N2O2/c1-9-3-2-4-11(5-9,7-16)17-10(18)6-19-8-12(13,14)15/h9H,2-8,16H2,1H3,(H,17,18). The lowest BCUT2D eigenvalue weighted by Gasteiger charge is -2.40. The first-order chi connectivity index (χ1) is 8.76. The summed E-state index contributed by atoms with van der Waals surface area (Å²) in [7, 11) is 0. The molecular weight excluding hydrogens is 261 g/mol. The number of hydrogen-bond donors (Lipinski definition) is 2. The van der Waals surface area contributed by atoms with E-state index in [1.807, 2.05) is 0 Å². The highest BCUT2D eigenvalue weighted by atomic mass is 19.4.